The SMILES string of the molecule is CC(=O)NCC(=O)N1C[C@H]2Cc3c(-c4ccncc4)n[nH]c3[C@H]2C1. The lowest BCUT2D eigenvalue weighted by Crippen LogP contribution is -2.38. The van der Waals surface area contributed by atoms with Crippen LogP contribution in [0.3, 0.4) is 0 Å². The Morgan fingerprint density at radius 3 is 2.88 bits per heavy atom. The van der Waals surface area contributed by atoms with Crippen molar-refractivity contribution >= 4 is 11.8 Å². The normalized spacial score (nSPS) is 21.5. The van der Waals surface area contributed by atoms with E-state index in [-0.39, 0.29) is 18.4 Å². The van der Waals surface area contributed by atoms with E-state index in [9.17, 15) is 9.59 Å². The van der Waals surface area contributed by atoms with Gasteiger partial charge >= 0.3 is 0 Å². The highest BCUT2D eigenvalue weighted by Crippen LogP contribution is 2.44. The van der Waals surface area contributed by atoms with Gasteiger partial charge in [0.2, 0.25) is 11.8 Å². The minimum Gasteiger partial charge on any atom is -0.347 e. The molecule has 1 aliphatic carbocycles. The second kappa shape index (κ2) is 5.74. The number of H-pyrrole nitrogens is 1. The summed E-state index contributed by atoms with van der Waals surface area (Å²) < 4.78 is 0. The maximum Gasteiger partial charge on any atom is 0.241 e. The van der Waals surface area contributed by atoms with Crippen molar-refractivity contribution in [1.29, 1.82) is 0 Å². The summed E-state index contributed by atoms with van der Waals surface area (Å²) in [4.78, 5) is 29.1. The molecule has 1 fully saturated rings. The van der Waals surface area contributed by atoms with E-state index >= 15 is 0 Å². The third kappa shape index (κ3) is 2.46. The molecule has 2 atom stereocenters. The Morgan fingerprint density at radius 2 is 2.12 bits per heavy atom. The molecule has 1 saturated heterocycles. The first kappa shape index (κ1) is 14.9. The standard InChI is InChI=1S/C17H19N5O2/c1-10(23)19-7-15(24)22-8-12-6-13-16(11-2-4-18-5-3-11)20-21-17(13)14(12)9-22/h2-5,12,14H,6-9H2,1H3,(H,19,23)(H,20,21)/t12-,14+/m1/s1. The number of aromatic amines is 1. The van der Waals surface area contributed by atoms with Gasteiger partial charge in [0, 0.05) is 55.1 Å². The van der Waals surface area contributed by atoms with Crippen molar-refractivity contribution in [2.24, 2.45) is 5.92 Å². The van der Waals surface area contributed by atoms with Gasteiger partial charge in [0.05, 0.1) is 12.2 Å². The second-order valence-corrected chi connectivity index (χ2v) is 6.48. The van der Waals surface area contributed by atoms with Crippen molar-refractivity contribution in [3.63, 3.8) is 0 Å². The highest BCUT2D eigenvalue weighted by atomic mass is 16.2. The van der Waals surface area contributed by atoms with E-state index in [4.69, 9.17) is 0 Å². The molecular weight excluding hydrogens is 306 g/mol. The van der Waals surface area contributed by atoms with Crippen LogP contribution in [0.15, 0.2) is 24.5 Å². The van der Waals surface area contributed by atoms with E-state index in [2.05, 4.69) is 20.5 Å². The predicted octanol–water partition coefficient (Wildman–Crippen LogP) is 0.706. The van der Waals surface area contributed by atoms with Gasteiger partial charge in [0.25, 0.3) is 0 Å². The molecule has 24 heavy (non-hydrogen) atoms. The molecule has 7 heteroatoms. The number of pyridine rings is 1. The number of fused-ring (bicyclic) bond motifs is 3. The van der Waals surface area contributed by atoms with Crippen molar-refractivity contribution in [3.8, 4) is 11.3 Å². The third-order valence-electron chi connectivity index (χ3n) is 4.97. The van der Waals surface area contributed by atoms with Gasteiger partial charge in [-0.05, 0) is 24.5 Å². The molecule has 4 rings (SSSR count). The summed E-state index contributed by atoms with van der Waals surface area (Å²) in [5, 5.41) is 10.2. The molecule has 0 radical (unpaired) electrons. The van der Waals surface area contributed by atoms with Crippen LogP contribution >= 0.6 is 0 Å². The number of hydrogen-bond donors (Lipinski definition) is 2. The number of hydrogen-bond acceptors (Lipinski definition) is 4. The zero-order chi connectivity index (χ0) is 16.7. The van der Waals surface area contributed by atoms with E-state index < -0.39 is 0 Å². The van der Waals surface area contributed by atoms with E-state index in [1.165, 1.54) is 12.5 Å². The highest BCUT2D eigenvalue weighted by molar-refractivity contribution is 5.84. The molecule has 2 aromatic rings. The van der Waals surface area contributed by atoms with Crippen molar-refractivity contribution in [2.45, 2.75) is 19.3 Å². The average Bonchev–Trinajstić information content (AvgIpc) is 3.24. The summed E-state index contributed by atoms with van der Waals surface area (Å²) in [6.45, 7) is 2.92. The number of carbonyl (C=O) groups excluding carboxylic acids is 2. The first-order valence-corrected chi connectivity index (χ1v) is 8.13. The minimum atomic E-state index is -0.180. The van der Waals surface area contributed by atoms with Crippen LogP contribution in [0.2, 0.25) is 0 Å². The monoisotopic (exact) mass is 325 g/mol. The number of rotatable bonds is 3. The first-order chi connectivity index (χ1) is 11.6. The lowest BCUT2D eigenvalue weighted by Gasteiger charge is -2.17. The molecule has 0 spiro atoms. The molecule has 0 saturated carbocycles. The van der Waals surface area contributed by atoms with Crippen molar-refractivity contribution in [3.05, 3.63) is 35.8 Å². The van der Waals surface area contributed by atoms with Gasteiger partial charge < -0.3 is 10.2 Å². The second-order valence-electron chi connectivity index (χ2n) is 6.48. The molecule has 1 aliphatic heterocycles. The molecule has 2 amide bonds. The van der Waals surface area contributed by atoms with Crippen molar-refractivity contribution < 1.29 is 9.59 Å². The topological polar surface area (TPSA) is 91.0 Å². The van der Waals surface area contributed by atoms with Crippen LogP contribution in [0.4, 0.5) is 0 Å². The minimum absolute atomic E-state index is 0.0185. The van der Waals surface area contributed by atoms with Crippen LogP contribution in [0.5, 0.6) is 0 Å². The van der Waals surface area contributed by atoms with Gasteiger partial charge in [-0.2, -0.15) is 5.10 Å². The Hall–Kier alpha value is -2.70. The first-order valence-electron chi connectivity index (χ1n) is 8.13. The van der Waals surface area contributed by atoms with Gasteiger partial charge in [-0.25, -0.2) is 0 Å². The van der Waals surface area contributed by atoms with Crippen LogP contribution in [-0.2, 0) is 16.0 Å². The number of nitrogens with zero attached hydrogens (tertiary/aromatic N) is 3. The molecule has 2 N–H and O–H groups in total. The summed E-state index contributed by atoms with van der Waals surface area (Å²) >= 11 is 0. The van der Waals surface area contributed by atoms with Crippen LogP contribution in [0, 0.1) is 5.92 Å². The zero-order valence-corrected chi connectivity index (χ0v) is 13.5. The molecule has 124 valence electrons. The van der Waals surface area contributed by atoms with Gasteiger partial charge in [-0.3, -0.25) is 19.7 Å². The maximum absolute atomic E-state index is 12.2. The summed E-state index contributed by atoms with van der Waals surface area (Å²) in [5.74, 6) is 0.538. The van der Waals surface area contributed by atoms with Crippen molar-refractivity contribution in [1.82, 2.24) is 25.4 Å². The largest absolute Gasteiger partial charge is 0.347 e. The lowest BCUT2D eigenvalue weighted by atomic mass is 9.99. The molecule has 2 aromatic heterocycles. The predicted molar refractivity (Wildman–Crippen MR) is 87.0 cm³/mol. The molecule has 0 unspecified atom stereocenters. The number of nitrogens with one attached hydrogen (secondary N) is 2. The Morgan fingerprint density at radius 1 is 1.33 bits per heavy atom. The van der Waals surface area contributed by atoms with E-state index in [1.54, 1.807) is 12.4 Å². The quantitative estimate of drug-likeness (QED) is 0.869. The summed E-state index contributed by atoms with van der Waals surface area (Å²) in [7, 11) is 0. The zero-order valence-electron chi connectivity index (χ0n) is 13.5. The highest BCUT2D eigenvalue weighted by Gasteiger charge is 2.43. The fourth-order valence-corrected chi connectivity index (χ4v) is 3.82. The number of likely N-dealkylation sites (tertiary alicyclic amines) is 1. The summed E-state index contributed by atoms with van der Waals surface area (Å²) in [6.07, 6.45) is 4.47. The van der Waals surface area contributed by atoms with E-state index in [1.807, 2.05) is 17.0 Å². The Bertz CT molecular complexity index is 786. The number of amides is 2. The molecule has 2 aliphatic rings. The Balaban J connectivity index is 1.50. The average molecular weight is 325 g/mol. The molecule has 7 nitrogen and oxygen atoms in total. The van der Waals surface area contributed by atoms with Crippen molar-refractivity contribution in [2.75, 3.05) is 19.6 Å². The number of aromatic nitrogens is 3. The lowest BCUT2D eigenvalue weighted by molar-refractivity contribution is -0.131. The number of carbonyl (C=O) groups is 2. The van der Waals surface area contributed by atoms with Gasteiger partial charge in [-0.15, -0.1) is 0 Å². The van der Waals surface area contributed by atoms with Crippen LogP contribution < -0.4 is 5.32 Å². The molecule has 0 bridgehead atoms. The molecule has 3 heterocycles. The molecular formula is C17H19N5O2. The van der Waals surface area contributed by atoms with Crippen LogP contribution in [0.25, 0.3) is 11.3 Å². The smallest absolute Gasteiger partial charge is 0.241 e. The van der Waals surface area contributed by atoms with Crippen LogP contribution in [0.1, 0.15) is 24.1 Å². The Kier molecular flexibility index (Phi) is 3.55. The fourth-order valence-electron chi connectivity index (χ4n) is 3.82. The van der Waals surface area contributed by atoms with Gasteiger partial charge in [0.1, 0.15) is 0 Å². The van der Waals surface area contributed by atoms with Gasteiger partial charge in [0.15, 0.2) is 0 Å². The summed E-state index contributed by atoms with van der Waals surface area (Å²) in [5.41, 5.74) is 4.49. The third-order valence-corrected chi connectivity index (χ3v) is 4.97. The Labute approximate surface area is 139 Å². The van der Waals surface area contributed by atoms with Gasteiger partial charge in [-0.1, -0.05) is 0 Å². The fraction of sp³-hybridized carbons (Fsp3) is 0.412. The summed E-state index contributed by atoms with van der Waals surface area (Å²) in [6, 6.07) is 3.93. The van der Waals surface area contributed by atoms with Crippen LogP contribution in [-0.4, -0.2) is 51.5 Å². The maximum atomic E-state index is 12.2. The molecule has 0 aromatic carbocycles. The van der Waals surface area contributed by atoms with E-state index in [0.29, 0.717) is 18.4 Å². The van der Waals surface area contributed by atoms with E-state index in [0.717, 1.165) is 29.9 Å².